The van der Waals surface area contributed by atoms with Crippen LogP contribution >= 0.6 is 11.6 Å². The summed E-state index contributed by atoms with van der Waals surface area (Å²) >= 11 is 5.85. The molecule has 0 amide bonds. The van der Waals surface area contributed by atoms with Crippen LogP contribution in [0.2, 0.25) is 5.28 Å². The predicted molar refractivity (Wildman–Crippen MR) is 71.1 cm³/mol. The van der Waals surface area contributed by atoms with Gasteiger partial charge in [0.2, 0.25) is 5.28 Å². The first kappa shape index (κ1) is 13.5. The minimum Gasteiger partial charge on any atom is -0.466 e. The average Bonchev–Trinajstić information content (AvgIpc) is 2.71. The quantitative estimate of drug-likeness (QED) is 0.659. The van der Waals surface area contributed by atoms with Crippen molar-refractivity contribution in [3.63, 3.8) is 0 Å². The third-order valence-corrected chi connectivity index (χ3v) is 2.66. The number of anilines is 1. The molecule has 102 valence electrons. The van der Waals surface area contributed by atoms with E-state index in [0.29, 0.717) is 24.6 Å². The van der Waals surface area contributed by atoms with Gasteiger partial charge in [0.05, 0.1) is 24.6 Å². The Morgan fingerprint density at radius 1 is 1.53 bits per heavy atom. The van der Waals surface area contributed by atoms with Crippen molar-refractivity contribution < 1.29 is 9.53 Å². The fourth-order valence-electron chi connectivity index (χ4n) is 1.65. The summed E-state index contributed by atoms with van der Waals surface area (Å²) in [7, 11) is 1.77. The fourth-order valence-corrected chi connectivity index (χ4v) is 1.81. The summed E-state index contributed by atoms with van der Waals surface area (Å²) in [4.78, 5) is 19.4. The maximum atomic E-state index is 11.2. The smallest absolute Gasteiger partial charge is 0.307 e. The molecule has 0 saturated heterocycles. The zero-order valence-electron chi connectivity index (χ0n) is 10.7. The first-order valence-electron chi connectivity index (χ1n) is 5.86. The van der Waals surface area contributed by atoms with Crippen molar-refractivity contribution in [2.45, 2.75) is 13.3 Å². The van der Waals surface area contributed by atoms with Gasteiger partial charge in [0.25, 0.3) is 0 Å². The van der Waals surface area contributed by atoms with Crippen LogP contribution in [0.25, 0.3) is 11.0 Å². The van der Waals surface area contributed by atoms with Gasteiger partial charge in [-0.05, 0) is 18.5 Å². The fraction of sp³-hybridized carbons (Fsp3) is 0.455. The average molecular weight is 284 g/mol. The lowest BCUT2D eigenvalue weighted by Gasteiger charge is -2.06. The summed E-state index contributed by atoms with van der Waals surface area (Å²) in [5.41, 5.74) is 0.638. The van der Waals surface area contributed by atoms with Crippen LogP contribution in [0.3, 0.4) is 0 Å². The van der Waals surface area contributed by atoms with Gasteiger partial charge in [-0.25, -0.2) is 0 Å². The van der Waals surface area contributed by atoms with E-state index < -0.39 is 0 Å². The van der Waals surface area contributed by atoms with Gasteiger partial charge in [-0.1, -0.05) is 0 Å². The Morgan fingerprint density at radius 2 is 2.32 bits per heavy atom. The molecule has 0 aliphatic heterocycles. The highest BCUT2D eigenvalue weighted by molar-refractivity contribution is 6.28. The molecule has 0 spiro atoms. The third-order valence-electron chi connectivity index (χ3n) is 2.49. The Balaban J connectivity index is 2.10. The molecule has 0 saturated carbocycles. The Hall–Kier alpha value is -1.89. The predicted octanol–water partition coefficient (Wildman–Crippen LogP) is 1.38. The Morgan fingerprint density at radius 3 is 3.05 bits per heavy atom. The van der Waals surface area contributed by atoms with Crippen molar-refractivity contribution in [2.75, 3.05) is 18.5 Å². The number of nitrogens with one attached hydrogen (secondary N) is 1. The molecule has 0 fully saturated rings. The standard InChI is InChI=1S/C11H14ClN5O2/c1-3-19-8(18)4-5-13-9-7-6-14-17(2)10(7)16-11(12)15-9/h6H,3-5H2,1-2H3,(H,13,15,16). The second-order valence-electron chi connectivity index (χ2n) is 3.83. The molecule has 2 rings (SSSR count). The van der Waals surface area contributed by atoms with E-state index in [1.54, 1.807) is 24.9 Å². The number of carbonyl (C=O) groups excluding carboxylic acids is 1. The van der Waals surface area contributed by atoms with E-state index in [1.807, 2.05) is 0 Å². The van der Waals surface area contributed by atoms with Gasteiger partial charge in [0.15, 0.2) is 5.65 Å². The first-order valence-corrected chi connectivity index (χ1v) is 6.24. The van der Waals surface area contributed by atoms with Gasteiger partial charge in [0, 0.05) is 13.6 Å². The van der Waals surface area contributed by atoms with Gasteiger partial charge in [-0.15, -0.1) is 0 Å². The van der Waals surface area contributed by atoms with E-state index in [9.17, 15) is 4.79 Å². The Labute approximate surface area is 114 Å². The monoisotopic (exact) mass is 283 g/mol. The van der Waals surface area contributed by atoms with Crippen LogP contribution in [0.15, 0.2) is 6.20 Å². The molecule has 0 bridgehead atoms. The number of hydrogen-bond donors (Lipinski definition) is 1. The molecule has 8 heteroatoms. The zero-order valence-corrected chi connectivity index (χ0v) is 11.4. The number of halogens is 1. The lowest BCUT2D eigenvalue weighted by molar-refractivity contribution is -0.142. The lowest BCUT2D eigenvalue weighted by Crippen LogP contribution is -2.12. The van der Waals surface area contributed by atoms with E-state index in [0.717, 1.165) is 5.39 Å². The maximum Gasteiger partial charge on any atom is 0.307 e. The minimum atomic E-state index is -0.252. The molecule has 0 radical (unpaired) electrons. The summed E-state index contributed by atoms with van der Waals surface area (Å²) < 4.78 is 6.45. The van der Waals surface area contributed by atoms with Crippen LogP contribution in [-0.4, -0.2) is 38.9 Å². The summed E-state index contributed by atoms with van der Waals surface area (Å²) in [5, 5.41) is 8.03. The normalized spacial score (nSPS) is 10.7. The molecule has 19 heavy (non-hydrogen) atoms. The zero-order chi connectivity index (χ0) is 13.8. The molecule has 7 nitrogen and oxygen atoms in total. The SMILES string of the molecule is CCOC(=O)CCNc1nc(Cl)nc2c1cnn2C. The summed E-state index contributed by atoms with van der Waals surface area (Å²) in [6.45, 7) is 2.57. The van der Waals surface area contributed by atoms with Crippen LogP contribution in [-0.2, 0) is 16.6 Å². The van der Waals surface area contributed by atoms with Crippen LogP contribution in [0, 0.1) is 0 Å². The highest BCUT2D eigenvalue weighted by atomic mass is 35.5. The maximum absolute atomic E-state index is 11.2. The van der Waals surface area contributed by atoms with Crippen molar-refractivity contribution in [1.82, 2.24) is 19.7 Å². The number of carbonyl (C=O) groups is 1. The van der Waals surface area contributed by atoms with E-state index in [4.69, 9.17) is 16.3 Å². The van der Waals surface area contributed by atoms with Crippen molar-refractivity contribution in [2.24, 2.45) is 7.05 Å². The molecular formula is C11H14ClN5O2. The van der Waals surface area contributed by atoms with E-state index >= 15 is 0 Å². The molecule has 2 aromatic heterocycles. The number of fused-ring (bicyclic) bond motifs is 1. The van der Waals surface area contributed by atoms with Crippen molar-refractivity contribution in [3.05, 3.63) is 11.5 Å². The molecular weight excluding hydrogens is 270 g/mol. The number of aromatic nitrogens is 4. The van der Waals surface area contributed by atoms with Gasteiger partial charge < -0.3 is 10.1 Å². The second-order valence-corrected chi connectivity index (χ2v) is 4.17. The van der Waals surface area contributed by atoms with Crippen LogP contribution in [0.5, 0.6) is 0 Å². The van der Waals surface area contributed by atoms with Crippen molar-refractivity contribution in [3.8, 4) is 0 Å². The topological polar surface area (TPSA) is 81.9 Å². The third kappa shape index (κ3) is 3.11. The highest BCUT2D eigenvalue weighted by Gasteiger charge is 2.10. The van der Waals surface area contributed by atoms with Crippen LogP contribution in [0.1, 0.15) is 13.3 Å². The van der Waals surface area contributed by atoms with E-state index in [2.05, 4.69) is 20.4 Å². The number of rotatable bonds is 5. The highest BCUT2D eigenvalue weighted by Crippen LogP contribution is 2.21. The van der Waals surface area contributed by atoms with Crippen LogP contribution < -0.4 is 5.32 Å². The number of nitrogens with zero attached hydrogens (tertiary/aromatic N) is 4. The van der Waals surface area contributed by atoms with Crippen molar-refractivity contribution in [1.29, 1.82) is 0 Å². The largest absolute Gasteiger partial charge is 0.466 e. The van der Waals surface area contributed by atoms with E-state index in [1.165, 1.54) is 0 Å². The summed E-state index contributed by atoms with van der Waals surface area (Å²) in [5.74, 6) is 0.310. The number of hydrogen-bond acceptors (Lipinski definition) is 6. The Bertz CT molecular complexity index is 598. The molecule has 2 heterocycles. The minimum absolute atomic E-state index is 0.134. The molecule has 0 aliphatic rings. The summed E-state index contributed by atoms with van der Waals surface area (Å²) in [6.07, 6.45) is 1.91. The lowest BCUT2D eigenvalue weighted by atomic mass is 10.3. The Kier molecular flexibility index (Phi) is 4.16. The number of esters is 1. The molecule has 1 N–H and O–H groups in total. The van der Waals surface area contributed by atoms with Crippen LogP contribution in [0.4, 0.5) is 5.82 Å². The first-order chi connectivity index (χ1) is 9.11. The molecule has 0 atom stereocenters. The molecule has 0 unspecified atom stereocenters. The van der Waals surface area contributed by atoms with Gasteiger partial charge in [0.1, 0.15) is 5.82 Å². The molecule has 0 aliphatic carbocycles. The molecule has 2 aromatic rings. The number of aryl methyl sites for hydroxylation is 1. The summed E-state index contributed by atoms with van der Waals surface area (Å²) in [6, 6.07) is 0. The van der Waals surface area contributed by atoms with Crippen molar-refractivity contribution >= 4 is 34.4 Å². The van der Waals surface area contributed by atoms with E-state index in [-0.39, 0.29) is 17.7 Å². The van der Waals surface area contributed by atoms with Gasteiger partial charge >= 0.3 is 5.97 Å². The van der Waals surface area contributed by atoms with Gasteiger partial charge in [-0.3, -0.25) is 9.48 Å². The molecule has 0 aromatic carbocycles. The second kappa shape index (κ2) is 5.83. The van der Waals surface area contributed by atoms with Gasteiger partial charge in [-0.2, -0.15) is 15.1 Å². The number of ether oxygens (including phenoxy) is 1.